The lowest BCUT2D eigenvalue weighted by Crippen LogP contribution is -2.31. The van der Waals surface area contributed by atoms with E-state index < -0.39 is 0 Å². The van der Waals surface area contributed by atoms with Crippen molar-refractivity contribution in [2.75, 3.05) is 0 Å². The molecule has 0 aliphatic rings. The minimum Gasteiger partial charge on any atom is -0.349 e. The van der Waals surface area contributed by atoms with E-state index in [9.17, 15) is 4.79 Å². The minimum atomic E-state index is -0.224. The van der Waals surface area contributed by atoms with Crippen LogP contribution in [-0.2, 0) is 11.2 Å². The van der Waals surface area contributed by atoms with Gasteiger partial charge in [-0.05, 0) is 62.4 Å². The number of nitrogens with zero attached hydrogens (tertiary/aromatic N) is 2. The average molecular weight is 490 g/mol. The Labute approximate surface area is 219 Å². The quantitative estimate of drug-likeness (QED) is 0.259. The van der Waals surface area contributed by atoms with E-state index in [-0.39, 0.29) is 17.9 Å². The van der Waals surface area contributed by atoms with Gasteiger partial charge in [0.25, 0.3) is 0 Å². The predicted molar refractivity (Wildman–Crippen MR) is 152 cm³/mol. The normalized spacial score (nSPS) is 13.1. The standard InChI is InChI=1S/C33H35N3O/c1-6-30(27-12-8-7-9-13-27)35-33(37)22(3)26-18-16-25(17-19-26)20-29-28-14-10-11-15-31(28)36-24(5)21(2)23(4)34-32(29)36/h7-19,22,30H,6,20H2,1-5H3,(H,35,37)/t22?,30-/m0/s1. The number of para-hydroxylation sites is 1. The maximum atomic E-state index is 13.1. The number of hydrogen-bond donors (Lipinski definition) is 1. The van der Waals surface area contributed by atoms with Gasteiger partial charge in [-0.15, -0.1) is 0 Å². The van der Waals surface area contributed by atoms with Gasteiger partial charge in [-0.2, -0.15) is 0 Å². The SMILES string of the molecule is CC[C@H](NC(=O)C(C)c1ccc(Cc2c3ccccc3n3c(C)c(C)c(C)nc23)cc1)c1ccccc1. The Hall–Kier alpha value is -3.92. The van der Waals surface area contributed by atoms with Crippen LogP contribution in [0.5, 0.6) is 0 Å². The first-order chi connectivity index (χ1) is 17.9. The molecule has 1 unspecified atom stereocenters. The largest absolute Gasteiger partial charge is 0.349 e. The number of benzene rings is 3. The van der Waals surface area contributed by atoms with Crippen molar-refractivity contribution in [1.29, 1.82) is 0 Å². The molecule has 2 heterocycles. The van der Waals surface area contributed by atoms with Crippen molar-refractivity contribution >= 4 is 22.5 Å². The molecule has 0 saturated heterocycles. The summed E-state index contributed by atoms with van der Waals surface area (Å²) in [6.45, 7) is 10.5. The Balaban J connectivity index is 1.40. The van der Waals surface area contributed by atoms with Gasteiger partial charge < -0.3 is 5.32 Å². The van der Waals surface area contributed by atoms with Gasteiger partial charge in [0, 0.05) is 28.8 Å². The van der Waals surface area contributed by atoms with E-state index in [2.05, 4.69) is 98.1 Å². The van der Waals surface area contributed by atoms with Gasteiger partial charge in [0.05, 0.1) is 17.5 Å². The number of nitrogens with one attached hydrogen (secondary N) is 1. The number of carbonyl (C=O) groups is 1. The fourth-order valence-electron chi connectivity index (χ4n) is 5.28. The van der Waals surface area contributed by atoms with E-state index in [4.69, 9.17) is 4.98 Å². The molecular weight excluding hydrogens is 454 g/mol. The third-order valence-electron chi connectivity index (χ3n) is 7.83. The molecule has 4 nitrogen and oxygen atoms in total. The molecule has 37 heavy (non-hydrogen) atoms. The molecule has 5 rings (SSSR count). The Morgan fingerprint density at radius 1 is 0.892 bits per heavy atom. The smallest absolute Gasteiger partial charge is 0.227 e. The molecule has 1 amide bonds. The van der Waals surface area contributed by atoms with Gasteiger partial charge in [-0.25, -0.2) is 4.98 Å². The first-order valence-corrected chi connectivity index (χ1v) is 13.2. The number of aromatic nitrogens is 2. The highest BCUT2D eigenvalue weighted by atomic mass is 16.1. The zero-order valence-corrected chi connectivity index (χ0v) is 22.4. The van der Waals surface area contributed by atoms with Crippen molar-refractivity contribution in [3.63, 3.8) is 0 Å². The molecule has 4 heteroatoms. The summed E-state index contributed by atoms with van der Waals surface area (Å²) in [6.07, 6.45) is 1.65. The van der Waals surface area contributed by atoms with E-state index in [1.54, 1.807) is 0 Å². The number of hydrogen-bond acceptors (Lipinski definition) is 2. The van der Waals surface area contributed by atoms with Gasteiger partial charge in [-0.1, -0.05) is 79.7 Å². The summed E-state index contributed by atoms with van der Waals surface area (Å²) >= 11 is 0. The summed E-state index contributed by atoms with van der Waals surface area (Å²) in [5.74, 6) is -0.170. The molecule has 2 atom stereocenters. The topological polar surface area (TPSA) is 46.4 Å². The zero-order chi connectivity index (χ0) is 26.1. The minimum absolute atomic E-state index is 0.0230. The molecule has 0 bridgehead atoms. The lowest BCUT2D eigenvalue weighted by molar-refractivity contribution is -0.123. The van der Waals surface area contributed by atoms with Crippen LogP contribution in [0.25, 0.3) is 16.6 Å². The molecule has 0 aliphatic carbocycles. The number of rotatable bonds is 7. The third-order valence-corrected chi connectivity index (χ3v) is 7.83. The van der Waals surface area contributed by atoms with Crippen LogP contribution in [0.1, 0.15) is 71.4 Å². The molecule has 0 aliphatic heterocycles. The third kappa shape index (κ3) is 4.64. The molecule has 2 aromatic heterocycles. The van der Waals surface area contributed by atoms with Crippen LogP contribution >= 0.6 is 0 Å². The van der Waals surface area contributed by atoms with Crippen LogP contribution in [0.4, 0.5) is 0 Å². The number of amides is 1. The summed E-state index contributed by atoms with van der Waals surface area (Å²) in [5.41, 5.74) is 10.4. The second-order valence-electron chi connectivity index (χ2n) is 10.1. The molecule has 0 fully saturated rings. The van der Waals surface area contributed by atoms with Crippen LogP contribution < -0.4 is 5.32 Å². The highest BCUT2D eigenvalue weighted by molar-refractivity contribution is 5.92. The summed E-state index contributed by atoms with van der Waals surface area (Å²) in [6, 6.07) is 27.3. The van der Waals surface area contributed by atoms with Crippen molar-refractivity contribution in [2.45, 2.75) is 59.4 Å². The van der Waals surface area contributed by atoms with Gasteiger partial charge >= 0.3 is 0 Å². The molecule has 3 aromatic carbocycles. The fourth-order valence-corrected chi connectivity index (χ4v) is 5.28. The second kappa shape index (κ2) is 10.2. The Morgan fingerprint density at radius 2 is 1.57 bits per heavy atom. The summed E-state index contributed by atoms with van der Waals surface area (Å²) in [4.78, 5) is 18.1. The first-order valence-electron chi connectivity index (χ1n) is 13.2. The van der Waals surface area contributed by atoms with Crippen molar-refractivity contribution in [3.05, 3.63) is 118 Å². The molecule has 0 radical (unpaired) electrons. The van der Waals surface area contributed by atoms with E-state index >= 15 is 0 Å². The number of aryl methyl sites for hydroxylation is 2. The Kier molecular flexibility index (Phi) is 6.84. The van der Waals surface area contributed by atoms with Crippen molar-refractivity contribution in [2.24, 2.45) is 0 Å². The van der Waals surface area contributed by atoms with Gasteiger partial charge in [0.2, 0.25) is 5.91 Å². The van der Waals surface area contributed by atoms with E-state index in [0.717, 1.165) is 35.3 Å². The van der Waals surface area contributed by atoms with E-state index in [0.29, 0.717) is 0 Å². The lowest BCUT2D eigenvalue weighted by atomic mass is 9.96. The van der Waals surface area contributed by atoms with Gasteiger partial charge in [0.1, 0.15) is 5.65 Å². The molecule has 188 valence electrons. The van der Waals surface area contributed by atoms with Crippen LogP contribution in [-0.4, -0.2) is 15.3 Å². The highest BCUT2D eigenvalue weighted by Crippen LogP contribution is 2.31. The van der Waals surface area contributed by atoms with Gasteiger partial charge in [0.15, 0.2) is 0 Å². The molecule has 0 saturated carbocycles. The molecular formula is C33H35N3O. The average Bonchev–Trinajstić information content (AvgIpc) is 3.23. The second-order valence-corrected chi connectivity index (χ2v) is 10.1. The highest BCUT2D eigenvalue weighted by Gasteiger charge is 2.20. The molecule has 5 aromatic rings. The Morgan fingerprint density at radius 3 is 2.27 bits per heavy atom. The lowest BCUT2D eigenvalue weighted by Gasteiger charge is -2.20. The van der Waals surface area contributed by atoms with Crippen molar-refractivity contribution < 1.29 is 4.79 Å². The van der Waals surface area contributed by atoms with E-state index in [1.807, 2.05) is 25.1 Å². The summed E-state index contributed by atoms with van der Waals surface area (Å²) < 4.78 is 2.30. The summed E-state index contributed by atoms with van der Waals surface area (Å²) in [7, 11) is 0. The van der Waals surface area contributed by atoms with Crippen LogP contribution in [0.2, 0.25) is 0 Å². The fraction of sp³-hybridized carbons (Fsp3) is 0.273. The van der Waals surface area contributed by atoms with Crippen molar-refractivity contribution in [1.82, 2.24) is 14.7 Å². The van der Waals surface area contributed by atoms with Crippen LogP contribution in [0.15, 0.2) is 78.9 Å². The predicted octanol–water partition coefficient (Wildman–Crippen LogP) is 7.37. The van der Waals surface area contributed by atoms with E-state index in [1.165, 1.54) is 33.3 Å². The number of fused-ring (bicyclic) bond motifs is 3. The monoisotopic (exact) mass is 489 g/mol. The zero-order valence-electron chi connectivity index (χ0n) is 22.4. The number of carbonyl (C=O) groups excluding carboxylic acids is 1. The maximum absolute atomic E-state index is 13.1. The first kappa shape index (κ1) is 24.8. The van der Waals surface area contributed by atoms with Crippen LogP contribution in [0, 0.1) is 20.8 Å². The van der Waals surface area contributed by atoms with Crippen molar-refractivity contribution in [3.8, 4) is 0 Å². The maximum Gasteiger partial charge on any atom is 0.227 e. The van der Waals surface area contributed by atoms with Crippen LogP contribution in [0.3, 0.4) is 0 Å². The summed E-state index contributed by atoms with van der Waals surface area (Å²) in [5, 5.41) is 4.48. The molecule has 1 N–H and O–H groups in total. The Bertz CT molecular complexity index is 1570. The van der Waals surface area contributed by atoms with Gasteiger partial charge in [-0.3, -0.25) is 9.20 Å². The molecule has 0 spiro atoms.